The van der Waals surface area contributed by atoms with Crippen LogP contribution in [0.3, 0.4) is 0 Å². The standard InChI is InChI=1S/C27H34N2O6/c1-17(35-27(2,3)4)24(25(31)32)29-23(30)14-9-15-28-26(33)34-16-22-20-12-7-5-10-18(20)19-11-6-8-13-21(19)22/h5-8,10-13,17,22,24H,9,14-16H2,1-4H3,(H,28,33)(H,29,30)(H,31,32)/t17-,24+/m1/s1. The molecule has 0 saturated heterocycles. The molecule has 0 bridgehead atoms. The van der Waals surface area contributed by atoms with Crippen LogP contribution in [0.25, 0.3) is 11.1 Å². The van der Waals surface area contributed by atoms with E-state index < -0.39 is 35.7 Å². The molecule has 0 saturated carbocycles. The van der Waals surface area contributed by atoms with Crippen LogP contribution in [-0.4, -0.2) is 54.0 Å². The molecule has 0 aliphatic heterocycles. The molecule has 35 heavy (non-hydrogen) atoms. The van der Waals surface area contributed by atoms with Gasteiger partial charge >= 0.3 is 12.1 Å². The Morgan fingerprint density at radius 3 is 2.11 bits per heavy atom. The number of fused-ring (bicyclic) bond motifs is 3. The number of hydrogen-bond acceptors (Lipinski definition) is 5. The van der Waals surface area contributed by atoms with Gasteiger partial charge in [0, 0.05) is 18.9 Å². The van der Waals surface area contributed by atoms with Gasteiger partial charge < -0.3 is 25.2 Å². The van der Waals surface area contributed by atoms with Crippen molar-refractivity contribution in [3.8, 4) is 11.1 Å². The lowest BCUT2D eigenvalue weighted by molar-refractivity contribution is -0.150. The summed E-state index contributed by atoms with van der Waals surface area (Å²) >= 11 is 0. The van der Waals surface area contributed by atoms with Gasteiger partial charge in [0.2, 0.25) is 5.91 Å². The van der Waals surface area contributed by atoms with E-state index in [0.717, 1.165) is 22.3 Å². The Balaban J connectivity index is 1.42. The Labute approximate surface area is 206 Å². The third-order valence-corrected chi connectivity index (χ3v) is 5.79. The minimum absolute atomic E-state index is 0.0239. The van der Waals surface area contributed by atoms with Crippen LogP contribution in [0, 0.1) is 0 Å². The van der Waals surface area contributed by atoms with Crippen LogP contribution in [0.1, 0.15) is 57.6 Å². The van der Waals surface area contributed by atoms with Crippen LogP contribution in [0.15, 0.2) is 48.5 Å². The van der Waals surface area contributed by atoms with Crippen molar-refractivity contribution in [2.45, 2.75) is 64.2 Å². The summed E-state index contributed by atoms with van der Waals surface area (Å²) < 4.78 is 11.1. The number of carboxylic acid groups (broad SMARTS) is 1. The van der Waals surface area contributed by atoms with Crippen molar-refractivity contribution >= 4 is 18.0 Å². The van der Waals surface area contributed by atoms with Crippen molar-refractivity contribution in [3.05, 3.63) is 59.7 Å². The number of carbonyl (C=O) groups is 3. The summed E-state index contributed by atoms with van der Waals surface area (Å²) in [5.74, 6) is -1.60. The fourth-order valence-corrected chi connectivity index (χ4v) is 4.34. The summed E-state index contributed by atoms with van der Waals surface area (Å²) in [6.07, 6.45) is -0.842. The number of nitrogens with one attached hydrogen (secondary N) is 2. The molecule has 0 spiro atoms. The first-order valence-electron chi connectivity index (χ1n) is 11.9. The monoisotopic (exact) mass is 482 g/mol. The van der Waals surface area contributed by atoms with E-state index in [9.17, 15) is 19.5 Å². The number of aliphatic carboxylic acids is 1. The van der Waals surface area contributed by atoms with E-state index in [1.54, 1.807) is 6.92 Å². The van der Waals surface area contributed by atoms with Gasteiger partial charge in [-0.1, -0.05) is 48.5 Å². The second-order valence-corrected chi connectivity index (χ2v) is 9.67. The van der Waals surface area contributed by atoms with E-state index in [0.29, 0.717) is 6.42 Å². The normalized spacial score (nSPS) is 14.4. The number of carbonyl (C=O) groups excluding carboxylic acids is 2. The van der Waals surface area contributed by atoms with Crippen LogP contribution in [0.4, 0.5) is 4.79 Å². The van der Waals surface area contributed by atoms with E-state index >= 15 is 0 Å². The molecule has 0 aromatic heterocycles. The van der Waals surface area contributed by atoms with Crippen LogP contribution < -0.4 is 10.6 Å². The smallest absolute Gasteiger partial charge is 0.407 e. The van der Waals surface area contributed by atoms with Crippen molar-refractivity contribution in [1.82, 2.24) is 10.6 Å². The molecule has 2 aromatic rings. The molecule has 1 aliphatic rings. The Kier molecular flexibility index (Phi) is 8.51. The molecule has 0 heterocycles. The Hall–Kier alpha value is -3.39. The molecule has 0 fully saturated rings. The van der Waals surface area contributed by atoms with E-state index in [2.05, 4.69) is 34.9 Å². The fraction of sp³-hybridized carbons (Fsp3) is 0.444. The topological polar surface area (TPSA) is 114 Å². The molecular weight excluding hydrogens is 448 g/mol. The zero-order chi connectivity index (χ0) is 25.6. The molecule has 8 heteroatoms. The van der Waals surface area contributed by atoms with Gasteiger partial charge in [0.25, 0.3) is 0 Å². The molecule has 0 radical (unpaired) electrons. The molecule has 2 atom stereocenters. The highest BCUT2D eigenvalue weighted by atomic mass is 16.5. The van der Waals surface area contributed by atoms with Gasteiger partial charge in [0.1, 0.15) is 6.61 Å². The van der Waals surface area contributed by atoms with Crippen LogP contribution >= 0.6 is 0 Å². The summed E-state index contributed by atoms with van der Waals surface area (Å²) in [6, 6.07) is 15.1. The molecule has 3 N–H and O–H groups in total. The fourth-order valence-electron chi connectivity index (χ4n) is 4.34. The van der Waals surface area contributed by atoms with Crippen molar-refractivity contribution in [2.24, 2.45) is 0 Å². The largest absolute Gasteiger partial charge is 0.480 e. The number of carboxylic acids is 1. The Morgan fingerprint density at radius 1 is 1.00 bits per heavy atom. The predicted octanol–water partition coefficient (Wildman–Crippen LogP) is 4.08. The van der Waals surface area contributed by atoms with Gasteiger partial charge in [0.15, 0.2) is 6.04 Å². The van der Waals surface area contributed by atoms with Crippen LogP contribution in [0.2, 0.25) is 0 Å². The first-order chi connectivity index (χ1) is 16.6. The number of benzene rings is 2. The first kappa shape index (κ1) is 26.2. The zero-order valence-electron chi connectivity index (χ0n) is 20.7. The van der Waals surface area contributed by atoms with Gasteiger partial charge in [0.05, 0.1) is 11.7 Å². The maximum atomic E-state index is 12.2. The van der Waals surface area contributed by atoms with Gasteiger partial charge in [-0.15, -0.1) is 0 Å². The Bertz CT molecular complexity index is 1020. The number of hydrogen-bond donors (Lipinski definition) is 3. The second-order valence-electron chi connectivity index (χ2n) is 9.67. The lowest BCUT2D eigenvalue weighted by Gasteiger charge is -2.29. The van der Waals surface area contributed by atoms with Crippen LogP contribution in [-0.2, 0) is 19.1 Å². The highest BCUT2D eigenvalue weighted by molar-refractivity contribution is 5.84. The summed E-state index contributed by atoms with van der Waals surface area (Å²) in [6.45, 7) is 7.52. The van der Waals surface area contributed by atoms with Crippen molar-refractivity contribution in [1.29, 1.82) is 0 Å². The molecule has 3 rings (SSSR count). The van der Waals surface area contributed by atoms with E-state index in [-0.39, 0.29) is 25.5 Å². The molecule has 188 valence electrons. The molecule has 2 amide bonds. The summed E-state index contributed by atoms with van der Waals surface area (Å²) in [4.78, 5) is 36.0. The average molecular weight is 483 g/mol. The third-order valence-electron chi connectivity index (χ3n) is 5.79. The second kappa shape index (κ2) is 11.4. The minimum atomic E-state index is -1.16. The van der Waals surface area contributed by atoms with Gasteiger partial charge in [-0.25, -0.2) is 9.59 Å². The molecule has 8 nitrogen and oxygen atoms in total. The van der Waals surface area contributed by atoms with Gasteiger partial charge in [-0.05, 0) is 56.4 Å². The van der Waals surface area contributed by atoms with Gasteiger partial charge in [-0.2, -0.15) is 0 Å². The van der Waals surface area contributed by atoms with E-state index in [4.69, 9.17) is 9.47 Å². The summed E-state index contributed by atoms with van der Waals surface area (Å²) in [7, 11) is 0. The number of amides is 2. The maximum absolute atomic E-state index is 12.2. The van der Waals surface area contributed by atoms with E-state index in [1.807, 2.05) is 45.0 Å². The molecule has 2 aromatic carbocycles. The highest BCUT2D eigenvalue weighted by Crippen LogP contribution is 2.44. The van der Waals surface area contributed by atoms with Crippen molar-refractivity contribution in [3.63, 3.8) is 0 Å². The average Bonchev–Trinajstić information content (AvgIpc) is 3.11. The lowest BCUT2D eigenvalue weighted by Crippen LogP contribution is -2.50. The van der Waals surface area contributed by atoms with Crippen molar-refractivity contribution < 1.29 is 29.0 Å². The zero-order valence-corrected chi connectivity index (χ0v) is 20.7. The number of rotatable bonds is 10. The molecule has 0 unspecified atom stereocenters. The SMILES string of the molecule is C[C@@H](OC(C)(C)C)[C@H](NC(=O)CCCNC(=O)OCC1c2ccccc2-c2ccccc21)C(=O)O. The molecular formula is C27H34N2O6. The number of ether oxygens (including phenoxy) is 2. The highest BCUT2D eigenvalue weighted by Gasteiger charge is 2.31. The summed E-state index contributed by atoms with van der Waals surface area (Å²) in [5, 5.41) is 14.6. The summed E-state index contributed by atoms with van der Waals surface area (Å²) in [5.41, 5.74) is 4.05. The first-order valence-corrected chi connectivity index (χ1v) is 11.9. The quantitative estimate of drug-likeness (QED) is 0.440. The van der Waals surface area contributed by atoms with Gasteiger partial charge in [-0.3, -0.25) is 4.79 Å². The maximum Gasteiger partial charge on any atom is 0.407 e. The molecule has 1 aliphatic carbocycles. The number of alkyl carbamates (subject to hydrolysis) is 1. The predicted molar refractivity (Wildman–Crippen MR) is 132 cm³/mol. The van der Waals surface area contributed by atoms with Crippen molar-refractivity contribution in [2.75, 3.05) is 13.2 Å². The third kappa shape index (κ3) is 7.05. The minimum Gasteiger partial charge on any atom is -0.480 e. The Morgan fingerprint density at radius 2 is 1.57 bits per heavy atom. The van der Waals surface area contributed by atoms with Crippen LogP contribution in [0.5, 0.6) is 0 Å². The van der Waals surface area contributed by atoms with E-state index in [1.165, 1.54) is 0 Å². The lowest BCUT2D eigenvalue weighted by atomic mass is 9.98.